The van der Waals surface area contributed by atoms with Gasteiger partial charge in [0.15, 0.2) is 0 Å². The third-order valence-electron chi connectivity index (χ3n) is 6.35. The van der Waals surface area contributed by atoms with Gasteiger partial charge in [-0.15, -0.1) is 0 Å². The molecule has 0 saturated heterocycles. The molecule has 0 aliphatic carbocycles. The first-order chi connectivity index (χ1) is 17.9. The van der Waals surface area contributed by atoms with Crippen LogP contribution in [0.5, 0.6) is 0 Å². The van der Waals surface area contributed by atoms with Crippen LogP contribution in [0.3, 0.4) is 0 Å². The lowest BCUT2D eigenvalue weighted by Crippen LogP contribution is -2.15. The van der Waals surface area contributed by atoms with E-state index in [9.17, 15) is 0 Å². The maximum atomic E-state index is 4.97. The van der Waals surface area contributed by atoms with Crippen molar-refractivity contribution in [1.29, 1.82) is 0 Å². The normalized spacial score (nSPS) is 11.8. The van der Waals surface area contributed by atoms with Crippen molar-refractivity contribution in [2.75, 3.05) is 5.32 Å². The molecule has 6 heterocycles. The van der Waals surface area contributed by atoms with Gasteiger partial charge in [0.05, 0.1) is 40.2 Å². The van der Waals surface area contributed by atoms with Gasteiger partial charge < -0.3 is 10.3 Å². The van der Waals surface area contributed by atoms with Crippen LogP contribution in [0.1, 0.15) is 20.8 Å². The van der Waals surface area contributed by atoms with Crippen molar-refractivity contribution in [2.45, 2.75) is 20.8 Å². The monoisotopic (exact) mass is 486 g/mol. The number of rotatable bonds is 5. The van der Waals surface area contributed by atoms with Crippen LogP contribution >= 0.6 is 0 Å². The van der Waals surface area contributed by atoms with Crippen LogP contribution in [-0.4, -0.2) is 35.1 Å². The fourth-order valence-electron chi connectivity index (χ4n) is 4.15. The van der Waals surface area contributed by atoms with Gasteiger partial charge in [-0.1, -0.05) is 33.4 Å². The van der Waals surface area contributed by atoms with Crippen molar-refractivity contribution in [1.82, 2.24) is 35.1 Å². The maximum absolute atomic E-state index is 4.97. The number of allylic oxidation sites excluding steroid dienone is 1. The van der Waals surface area contributed by atoms with E-state index in [0.717, 1.165) is 67.4 Å². The molecule has 0 saturated carbocycles. The van der Waals surface area contributed by atoms with Gasteiger partial charge in [-0.2, -0.15) is 5.10 Å². The predicted molar refractivity (Wildman–Crippen MR) is 148 cm³/mol. The highest BCUT2D eigenvalue weighted by atomic mass is 15.1. The van der Waals surface area contributed by atoms with Gasteiger partial charge in [0.25, 0.3) is 0 Å². The number of fused-ring (bicyclic) bond motifs is 2. The lowest BCUT2D eigenvalue weighted by Gasteiger charge is -2.23. The fourth-order valence-corrected chi connectivity index (χ4v) is 4.15. The number of aromatic amines is 2. The van der Waals surface area contributed by atoms with E-state index in [0.29, 0.717) is 0 Å². The Morgan fingerprint density at radius 3 is 2.59 bits per heavy atom. The number of nitrogens with one attached hydrogen (secondary N) is 3. The van der Waals surface area contributed by atoms with Gasteiger partial charge in [-0.3, -0.25) is 20.1 Å². The quantitative estimate of drug-likeness (QED) is 0.253. The van der Waals surface area contributed by atoms with E-state index in [1.54, 1.807) is 18.6 Å². The van der Waals surface area contributed by atoms with Gasteiger partial charge in [0.2, 0.25) is 0 Å². The van der Waals surface area contributed by atoms with Crippen LogP contribution in [0.4, 0.5) is 5.69 Å². The summed E-state index contributed by atoms with van der Waals surface area (Å²) in [5.74, 6) is 0. The first-order valence-corrected chi connectivity index (χ1v) is 12.0. The number of anilines is 1. The zero-order chi connectivity index (χ0) is 25.6. The largest absolute Gasteiger partial charge is 0.358 e. The second kappa shape index (κ2) is 8.67. The van der Waals surface area contributed by atoms with Crippen LogP contribution in [0, 0.1) is 5.41 Å². The Hall–Kier alpha value is -4.85. The zero-order valence-electron chi connectivity index (χ0n) is 20.9. The predicted octanol–water partition coefficient (Wildman–Crippen LogP) is 6.60. The van der Waals surface area contributed by atoms with E-state index < -0.39 is 0 Å². The Balaban J connectivity index is 1.40. The lowest BCUT2D eigenvalue weighted by molar-refractivity contribution is 0.509. The first-order valence-electron chi connectivity index (χ1n) is 12.0. The summed E-state index contributed by atoms with van der Waals surface area (Å²) in [5, 5.41) is 12.1. The van der Waals surface area contributed by atoms with Crippen molar-refractivity contribution >= 4 is 27.6 Å². The van der Waals surface area contributed by atoms with Crippen LogP contribution in [-0.2, 0) is 0 Å². The molecule has 0 aliphatic rings. The Kier molecular flexibility index (Phi) is 5.30. The third kappa shape index (κ3) is 4.23. The van der Waals surface area contributed by atoms with Crippen LogP contribution in [0.2, 0.25) is 0 Å². The lowest BCUT2D eigenvalue weighted by atomic mass is 9.93. The Morgan fingerprint density at radius 1 is 0.892 bits per heavy atom. The second-order valence-electron chi connectivity index (χ2n) is 10.00. The zero-order valence-corrected chi connectivity index (χ0v) is 20.9. The molecule has 182 valence electrons. The Labute approximate surface area is 214 Å². The molecule has 0 spiro atoms. The molecule has 0 aromatic carbocycles. The Bertz CT molecular complexity index is 1760. The number of pyridine rings is 4. The van der Waals surface area contributed by atoms with E-state index in [-0.39, 0.29) is 5.41 Å². The van der Waals surface area contributed by atoms with E-state index in [4.69, 9.17) is 4.98 Å². The molecule has 0 amide bonds. The molecular weight excluding hydrogens is 460 g/mol. The molecule has 0 aliphatic heterocycles. The minimum atomic E-state index is -0.0651. The summed E-state index contributed by atoms with van der Waals surface area (Å²) in [6.45, 7) is 10.5. The summed E-state index contributed by atoms with van der Waals surface area (Å²) in [5.41, 5.74) is 9.25. The molecule has 0 bridgehead atoms. The van der Waals surface area contributed by atoms with Crippen molar-refractivity contribution in [3.05, 3.63) is 85.6 Å². The molecule has 6 rings (SSSR count). The van der Waals surface area contributed by atoms with E-state index in [1.165, 1.54) is 0 Å². The van der Waals surface area contributed by atoms with Crippen molar-refractivity contribution in [3.63, 3.8) is 0 Å². The van der Waals surface area contributed by atoms with Gasteiger partial charge >= 0.3 is 0 Å². The maximum Gasteiger partial charge on any atom is 0.135 e. The molecule has 0 radical (unpaired) electrons. The van der Waals surface area contributed by atoms with E-state index >= 15 is 0 Å². The number of hydrogen-bond acceptors (Lipinski definition) is 6. The van der Waals surface area contributed by atoms with Gasteiger partial charge in [0, 0.05) is 46.2 Å². The van der Waals surface area contributed by atoms with Crippen LogP contribution in [0.15, 0.2) is 85.6 Å². The minimum absolute atomic E-state index is 0.0651. The molecule has 0 fully saturated rings. The molecule has 6 aromatic heterocycles. The molecular formula is C29H26N8. The first kappa shape index (κ1) is 22.6. The Morgan fingerprint density at radius 2 is 1.78 bits per heavy atom. The van der Waals surface area contributed by atoms with E-state index in [2.05, 4.69) is 68.9 Å². The summed E-state index contributed by atoms with van der Waals surface area (Å²) in [6, 6.07) is 15.8. The van der Waals surface area contributed by atoms with Gasteiger partial charge in [0.1, 0.15) is 11.2 Å². The molecule has 37 heavy (non-hydrogen) atoms. The number of hydrogen-bond donors (Lipinski definition) is 3. The minimum Gasteiger partial charge on any atom is -0.358 e. The molecule has 0 unspecified atom stereocenters. The number of H-pyrrole nitrogens is 2. The van der Waals surface area contributed by atoms with E-state index in [1.807, 2.05) is 48.7 Å². The SMILES string of the molecule is C=C(Nc1cncc(-c2ccc3[nH]nc(-c4cc5c(-c6ccccn6)nccc5[nH]4)c3n2)c1)C(C)(C)C. The van der Waals surface area contributed by atoms with Crippen LogP contribution < -0.4 is 5.32 Å². The highest BCUT2D eigenvalue weighted by Gasteiger charge is 2.17. The van der Waals surface area contributed by atoms with Crippen molar-refractivity contribution < 1.29 is 0 Å². The van der Waals surface area contributed by atoms with Crippen LogP contribution in [0.25, 0.3) is 56.0 Å². The summed E-state index contributed by atoms with van der Waals surface area (Å²) >= 11 is 0. The highest BCUT2D eigenvalue weighted by molar-refractivity contribution is 5.98. The molecule has 8 heteroatoms. The summed E-state index contributed by atoms with van der Waals surface area (Å²) in [7, 11) is 0. The molecule has 3 N–H and O–H groups in total. The highest BCUT2D eigenvalue weighted by Crippen LogP contribution is 2.33. The standard InChI is InChI=1S/C29H26N8/c1-17(29(2,3)4)33-19-13-18(15-30-16-19)21-8-9-24-27(35-21)28(37-36-24)25-14-20-22(34-25)10-12-32-26(20)23-7-5-6-11-31-23/h5-16,33-34H,1H2,2-4H3,(H,36,37). The summed E-state index contributed by atoms with van der Waals surface area (Å²) in [4.78, 5) is 21.9. The second-order valence-corrected chi connectivity index (χ2v) is 10.00. The summed E-state index contributed by atoms with van der Waals surface area (Å²) < 4.78 is 0. The fraction of sp³-hybridized carbons (Fsp3) is 0.138. The smallest absolute Gasteiger partial charge is 0.135 e. The topological polar surface area (TPSA) is 108 Å². The van der Waals surface area contributed by atoms with Gasteiger partial charge in [-0.25, -0.2) is 4.98 Å². The third-order valence-corrected chi connectivity index (χ3v) is 6.35. The summed E-state index contributed by atoms with van der Waals surface area (Å²) in [6.07, 6.45) is 7.16. The number of nitrogens with zero attached hydrogens (tertiary/aromatic N) is 5. The molecule has 6 aromatic rings. The number of aromatic nitrogens is 7. The van der Waals surface area contributed by atoms with Crippen molar-refractivity contribution in [3.8, 4) is 34.0 Å². The average molecular weight is 487 g/mol. The van der Waals surface area contributed by atoms with Gasteiger partial charge in [-0.05, 0) is 42.5 Å². The van der Waals surface area contributed by atoms with Crippen molar-refractivity contribution in [2.24, 2.45) is 5.41 Å². The molecule has 0 atom stereocenters. The average Bonchev–Trinajstić information content (AvgIpc) is 3.52. The molecule has 8 nitrogen and oxygen atoms in total.